The lowest BCUT2D eigenvalue weighted by Gasteiger charge is -2.09. The van der Waals surface area contributed by atoms with E-state index in [1.165, 1.54) is 0 Å². The molecule has 0 radical (unpaired) electrons. The van der Waals surface area contributed by atoms with Crippen LogP contribution in [0.15, 0.2) is 23.4 Å². The lowest BCUT2D eigenvalue weighted by atomic mass is 10.00. The molecule has 0 saturated heterocycles. The molecule has 0 bridgehead atoms. The number of oxime groups is 1. The van der Waals surface area contributed by atoms with Gasteiger partial charge in [0.1, 0.15) is 18.2 Å². The Labute approximate surface area is 93.9 Å². The Morgan fingerprint density at radius 3 is 2.62 bits per heavy atom. The van der Waals surface area contributed by atoms with E-state index in [4.69, 9.17) is 4.84 Å². The lowest BCUT2D eigenvalue weighted by Crippen LogP contribution is -2.06. The summed E-state index contributed by atoms with van der Waals surface area (Å²) >= 11 is 0. The van der Waals surface area contributed by atoms with Crippen LogP contribution in [0.5, 0.6) is 0 Å². The molecule has 0 amide bonds. The minimum Gasteiger partial charge on any atom is -0.391 e. The second-order valence-corrected chi connectivity index (χ2v) is 4.61. The zero-order valence-corrected chi connectivity index (χ0v) is 9.63. The summed E-state index contributed by atoms with van der Waals surface area (Å²) in [5.41, 5.74) is 0.0616. The van der Waals surface area contributed by atoms with Gasteiger partial charge in [-0.3, -0.25) is 0 Å². The van der Waals surface area contributed by atoms with Gasteiger partial charge in [-0.1, -0.05) is 25.9 Å². The molecule has 0 heterocycles. The van der Waals surface area contributed by atoms with Gasteiger partial charge >= 0.3 is 0 Å². The fraction of sp³-hybridized carbons (Fsp3) is 0.417. The largest absolute Gasteiger partial charge is 0.391 e. The zero-order chi connectivity index (χ0) is 12.2. The van der Waals surface area contributed by atoms with Crippen molar-refractivity contribution < 1.29 is 13.6 Å². The normalized spacial score (nSPS) is 12.1. The zero-order valence-electron chi connectivity index (χ0n) is 9.63. The van der Waals surface area contributed by atoms with Crippen molar-refractivity contribution in [1.29, 1.82) is 0 Å². The summed E-state index contributed by atoms with van der Waals surface area (Å²) in [5, 5.41) is 3.69. The molecule has 0 atom stereocenters. The molecule has 0 saturated carbocycles. The van der Waals surface area contributed by atoms with Crippen molar-refractivity contribution in [2.45, 2.75) is 27.4 Å². The van der Waals surface area contributed by atoms with Gasteiger partial charge in [0.15, 0.2) is 0 Å². The SMILES string of the molecule is CC(C)(C)C=NOCc1cc(F)ccc1F. The van der Waals surface area contributed by atoms with E-state index in [-0.39, 0.29) is 17.6 Å². The molecule has 88 valence electrons. The van der Waals surface area contributed by atoms with Crippen LogP contribution in [0.3, 0.4) is 0 Å². The Morgan fingerprint density at radius 1 is 1.31 bits per heavy atom. The summed E-state index contributed by atoms with van der Waals surface area (Å²) in [6, 6.07) is 3.24. The molecule has 16 heavy (non-hydrogen) atoms. The van der Waals surface area contributed by atoms with E-state index in [1.54, 1.807) is 6.21 Å². The van der Waals surface area contributed by atoms with Crippen LogP contribution in [0, 0.1) is 17.0 Å². The summed E-state index contributed by atoms with van der Waals surface area (Å²) < 4.78 is 25.9. The maximum absolute atomic E-state index is 13.1. The molecule has 0 fully saturated rings. The first kappa shape index (κ1) is 12.6. The number of nitrogens with zero attached hydrogens (tertiary/aromatic N) is 1. The number of hydrogen-bond acceptors (Lipinski definition) is 2. The van der Waals surface area contributed by atoms with E-state index in [2.05, 4.69) is 5.16 Å². The van der Waals surface area contributed by atoms with Gasteiger partial charge in [-0.05, 0) is 18.2 Å². The molecule has 0 N–H and O–H groups in total. The Morgan fingerprint density at radius 2 is 2.00 bits per heavy atom. The number of hydrogen-bond donors (Lipinski definition) is 0. The van der Waals surface area contributed by atoms with Gasteiger partial charge in [0, 0.05) is 17.2 Å². The van der Waals surface area contributed by atoms with Crippen LogP contribution >= 0.6 is 0 Å². The first-order chi connectivity index (χ1) is 7.38. The predicted molar refractivity (Wildman–Crippen MR) is 59.1 cm³/mol. The second kappa shape index (κ2) is 5.05. The third-order valence-electron chi connectivity index (χ3n) is 1.74. The highest BCUT2D eigenvalue weighted by atomic mass is 19.1. The molecule has 1 aromatic rings. The third kappa shape index (κ3) is 4.38. The first-order valence-corrected chi connectivity index (χ1v) is 4.99. The summed E-state index contributed by atoms with van der Waals surface area (Å²) in [6.07, 6.45) is 1.62. The highest BCUT2D eigenvalue weighted by molar-refractivity contribution is 5.63. The van der Waals surface area contributed by atoms with E-state index in [9.17, 15) is 8.78 Å². The Hall–Kier alpha value is -1.45. The molecule has 0 spiro atoms. The molecule has 0 aliphatic heterocycles. The van der Waals surface area contributed by atoms with E-state index in [0.29, 0.717) is 0 Å². The second-order valence-electron chi connectivity index (χ2n) is 4.61. The number of rotatable bonds is 3. The minimum atomic E-state index is -0.493. The topological polar surface area (TPSA) is 21.6 Å². The molecule has 1 aromatic carbocycles. The van der Waals surface area contributed by atoms with Gasteiger partial charge in [-0.25, -0.2) is 8.78 Å². The van der Waals surface area contributed by atoms with Crippen molar-refractivity contribution >= 4 is 6.21 Å². The minimum absolute atomic E-state index is 0.0732. The van der Waals surface area contributed by atoms with Gasteiger partial charge in [-0.15, -0.1) is 0 Å². The predicted octanol–water partition coefficient (Wildman–Crippen LogP) is 3.51. The molecule has 0 aliphatic rings. The van der Waals surface area contributed by atoms with Crippen LogP contribution in [0.25, 0.3) is 0 Å². The number of halogens is 2. The van der Waals surface area contributed by atoms with E-state index in [0.717, 1.165) is 18.2 Å². The van der Waals surface area contributed by atoms with Crippen LogP contribution < -0.4 is 0 Å². The van der Waals surface area contributed by atoms with Crippen molar-refractivity contribution in [2.75, 3.05) is 0 Å². The summed E-state index contributed by atoms with van der Waals surface area (Å²) in [4.78, 5) is 4.89. The van der Waals surface area contributed by atoms with Gasteiger partial charge in [-0.2, -0.15) is 0 Å². The average molecular weight is 227 g/mol. The van der Waals surface area contributed by atoms with E-state index in [1.807, 2.05) is 20.8 Å². The summed E-state index contributed by atoms with van der Waals surface area (Å²) in [5.74, 6) is -0.979. The Balaban J connectivity index is 2.55. The van der Waals surface area contributed by atoms with Crippen molar-refractivity contribution in [2.24, 2.45) is 10.6 Å². The van der Waals surface area contributed by atoms with Crippen LogP contribution in [0.2, 0.25) is 0 Å². The van der Waals surface area contributed by atoms with Gasteiger partial charge in [0.2, 0.25) is 0 Å². The van der Waals surface area contributed by atoms with E-state index < -0.39 is 11.6 Å². The molecule has 4 heteroatoms. The Kier molecular flexibility index (Phi) is 3.99. The van der Waals surface area contributed by atoms with Crippen molar-refractivity contribution in [3.8, 4) is 0 Å². The van der Waals surface area contributed by atoms with Crippen molar-refractivity contribution in [3.05, 3.63) is 35.4 Å². The quantitative estimate of drug-likeness (QED) is 0.572. The van der Waals surface area contributed by atoms with Crippen molar-refractivity contribution in [3.63, 3.8) is 0 Å². The summed E-state index contributed by atoms with van der Waals surface area (Å²) in [7, 11) is 0. The van der Waals surface area contributed by atoms with E-state index >= 15 is 0 Å². The summed E-state index contributed by atoms with van der Waals surface area (Å²) in [6.45, 7) is 5.81. The number of benzene rings is 1. The molecule has 0 unspecified atom stereocenters. The molecule has 0 aromatic heterocycles. The van der Waals surface area contributed by atoms with Crippen LogP contribution in [0.1, 0.15) is 26.3 Å². The third-order valence-corrected chi connectivity index (χ3v) is 1.74. The average Bonchev–Trinajstić information content (AvgIpc) is 2.16. The molecular formula is C12H15F2NO. The first-order valence-electron chi connectivity index (χ1n) is 4.99. The maximum atomic E-state index is 13.1. The lowest BCUT2D eigenvalue weighted by molar-refractivity contribution is 0.127. The van der Waals surface area contributed by atoms with Crippen LogP contribution in [0.4, 0.5) is 8.78 Å². The van der Waals surface area contributed by atoms with Gasteiger partial charge < -0.3 is 4.84 Å². The highest BCUT2D eigenvalue weighted by Gasteiger charge is 2.06. The fourth-order valence-electron chi connectivity index (χ4n) is 0.956. The maximum Gasteiger partial charge on any atom is 0.145 e. The molecule has 2 nitrogen and oxygen atoms in total. The van der Waals surface area contributed by atoms with Crippen molar-refractivity contribution in [1.82, 2.24) is 0 Å². The highest BCUT2D eigenvalue weighted by Crippen LogP contribution is 2.12. The smallest absolute Gasteiger partial charge is 0.145 e. The van der Waals surface area contributed by atoms with Gasteiger partial charge in [0.25, 0.3) is 0 Å². The Bertz CT molecular complexity index is 383. The fourth-order valence-corrected chi connectivity index (χ4v) is 0.956. The molecule has 1 rings (SSSR count). The molecule has 0 aliphatic carbocycles. The molecular weight excluding hydrogens is 212 g/mol. The monoisotopic (exact) mass is 227 g/mol. The van der Waals surface area contributed by atoms with Gasteiger partial charge in [0.05, 0.1) is 0 Å². The van der Waals surface area contributed by atoms with Crippen LogP contribution in [-0.2, 0) is 11.4 Å². The van der Waals surface area contributed by atoms with Crippen LogP contribution in [-0.4, -0.2) is 6.21 Å². The standard InChI is InChI=1S/C12H15F2NO/c1-12(2,3)8-15-16-7-9-6-10(13)4-5-11(9)14/h4-6,8H,7H2,1-3H3.